The first-order chi connectivity index (χ1) is 39.2. The van der Waals surface area contributed by atoms with Crippen LogP contribution >= 0.6 is 0 Å². The second-order valence-electron chi connectivity index (χ2n) is 25.7. The molecule has 0 saturated carbocycles. The predicted molar refractivity (Wildman–Crippen MR) is 328 cm³/mol. The Bertz CT molecular complexity index is 2400. The number of nitrogens with one attached hydrogen (secondary N) is 4. The molecule has 23 nitrogen and oxygen atoms in total. The Kier molecular flexibility index (Phi) is 31.3. The van der Waals surface area contributed by atoms with Gasteiger partial charge in [-0.1, -0.05) is 95.2 Å². The molecule has 1 saturated heterocycles. The van der Waals surface area contributed by atoms with Gasteiger partial charge in [0.05, 0.1) is 12.6 Å². The van der Waals surface area contributed by atoms with Crippen LogP contribution in [0.15, 0.2) is 23.4 Å². The molecule has 1 heterocycles. The van der Waals surface area contributed by atoms with Crippen molar-refractivity contribution in [3.05, 3.63) is 23.4 Å². The van der Waals surface area contributed by atoms with E-state index < -0.39 is 144 Å². The molecule has 11 atom stereocenters. The summed E-state index contributed by atoms with van der Waals surface area (Å²) in [6, 6.07) is -11.2. The Balaban J connectivity index is 4.33. The Morgan fingerprint density at radius 1 is 0.529 bits per heavy atom. The summed E-state index contributed by atoms with van der Waals surface area (Å²) in [4.78, 5) is 168. The summed E-state index contributed by atoms with van der Waals surface area (Å²) in [6.45, 7) is 29.0. The fourth-order valence-electron chi connectivity index (χ4n) is 10.4. The van der Waals surface area contributed by atoms with Crippen LogP contribution in [0, 0.1) is 35.5 Å². The lowest BCUT2D eigenvalue weighted by molar-refractivity contribution is -0.152. The Labute approximate surface area is 508 Å². The molecule has 85 heavy (non-hydrogen) atoms. The summed E-state index contributed by atoms with van der Waals surface area (Å²) in [5, 5.41) is 23.0. The number of hydrogen-bond acceptors (Lipinski definition) is 12. The third-order valence-corrected chi connectivity index (χ3v) is 15.7. The van der Waals surface area contributed by atoms with Gasteiger partial charge in [0.15, 0.2) is 0 Å². The lowest BCUT2D eigenvalue weighted by Gasteiger charge is -2.39. The van der Waals surface area contributed by atoms with Crippen molar-refractivity contribution in [1.82, 2.24) is 55.6 Å². The van der Waals surface area contributed by atoms with Crippen LogP contribution in [0.1, 0.15) is 156 Å². The highest BCUT2D eigenvalue weighted by molar-refractivity contribution is 6.03. The van der Waals surface area contributed by atoms with E-state index in [2.05, 4.69) is 21.3 Å². The number of aliphatic hydroxyl groups is 1. The van der Waals surface area contributed by atoms with Crippen molar-refractivity contribution in [2.24, 2.45) is 35.5 Å². The van der Waals surface area contributed by atoms with E-state index in [-0.39, 0.29) is 61.5 Å². The van der Waals surface area contributed by atoms with Crippen molar-refractivity contribution in [3.8, 4) is 0 Å². The van der Waals surface area contributed by atoms with Gasteiger partial charge in [-0.25, -0.2) is 0 Å². The molecular weight excluding hydrogens is 1090 g/mol. The van der Waals surface area contributed by atoms with Crippen LogP contribution in [0.25, 0.3) is 0 Å². The average molecular weight is 1200 g/mol. The molecule has 0 radical (unpaired) electrons. The number of amides is 11. The molecule has 11 amide bonds. The standard InChI is InChI=1S/C62H109N11O12/c1-25-27-28-40(15)52(75)51-56(79)65-43(26-2)58(81)67(18)33-48(74)68(19)44(29-34(3)4)55(78)66-49(38(11)12)61(84)69(20)45(30-35(5)6)54(77)63-41(16)53(76)64-42(17)57(80)70(21)46(31-36(7)8)59(82)71(22)47(32-37(9)10)60(83)72(23)50(39(13)14)62(85)73(51)24/h25,27,34-38,40-47,49,51-52,75H,26,28-33H2,1-24H3,(H,63,77)(H,64,76)(H,65,79)(H,66,78)/b27-25+/t40?,41-,42+,43-,44-,45-,46-,47-,49-,51-,52+/m0/s1. The quantitative estimate of drug-likeness (QED) is 0.123. The zero-order valence-electron chi connectivity index (χ0n) is 55.9. The molecule has 0 aromatic rings. The van der Waals surface area contributed by atoms with Gasteiger partial charge in [0, 0.05) is 49.3 Å². The highest BCUT2D eigenvalue weighted by Gasteiger charge is 2.44. The van der Waals surface area contributed by atoms with Crippen LogP contribution in [0.3, 0.4) is 0 Å². The number of rotatable bonds is 14. The fourth-order valence-corrected chi connectivity index (χ4v) is 10.4. The van der Waals surface area contributed by atoms with E-state index in [4.69, 9.17) is 0 Å². The smallest absolute Gasteiger partial charge is 0.271 e. The van der Waals surface area contributed by atoms with Gasteiger partial charge >= 0.3 is 0 Å². The Hall–Kier alpha value is -6.39. The van der Waals surface area contributed by atoms with Gasteiger partial charge in [-0.05, 0) is 114 Å². The van der Waals surface area contributed by atoms with Gasteiger partial charge in [0.2, 0.25) is 59.1 Å². The summed E-state index contributed by atoms with van der Waals surface area (Å²) in [6.07, 6.45) is 2.94. The maximum atomic E-state index is 15.1. The molecule has 5 N–H and O–H groups in total. The number of carbonyl (C=O) groups is 11. The predicted octanol–water partition coefficient (Wildman–Crippen LogP) is 3.54. The van der Waals surface area contributed by atoms with E-state index in [9.17, 15) is 48.3 Å². The maximum absolute atomic E-state index is 15.1. The largest absolute Gasteiger partial charge is 0.390 e. The van der Waals surface area contributed by atoms with E-state index in [1.165, 1.54) is 82.8 Å². The van der Waals surface area contributed by atoms with Crippen molar-refractivity contribution in [2.75, 3.05) is 55.9 Å². The molecule has 1 unspecified atom stereocenters. The molecule has 0 spiro atoms. The van der Waals surface area contributed by atoms with Crippen LogP contribution in [0.5, 0.6) is 0 Å². The lowest BCUT2D eigenvalue weighted by Crippen LogP contribution is -2.61. The molecule has 1 rings (SSSR count). The first-order valence-electron chi connectivity index (χ1n) is 30.3. The first kappa shape index (κ1) is 76.6. The number of likely N-dealkylation sites (N-methyl/N-ethyl adjacent to an activating group) is 7. The van der Waals surface area contributed by atoms with Crippen molar-refractivity contribution < 1.29 is 57.8 Å². The zero-order chi connectivity index (χ0) is 66.0. The molecule has 0 aliphatic carbocycles. The van der Waals surface area contributed by atoms with Gasteiger partial charge < -0.3 is 60.7 Å². The highest BCUT2D eigenvalue weighted by atomic mass is 16.3. The van der Waals surface area contributed by atoms with Crippen LogP contribution < -0.4 is 21.3 Å². The monoisotopic (exact) mass is 1200 g/mol. The summed E-state index contributed by atoms with van der Waals surface area (Å²) >= 11 is 0. The van der Waals surface area contributed by atoms with Gasteiger partial charge in [0.25, 0.3) is 5.91 Å². The topological polar surface area (TPSA) is 279 Å². The van der Waals surface area contributed by atoms with Gasteiger partial charge in [-0.2, -0.15) is 0 Å². The normalized spacial score (nSPS) is 26.0. The van der Waals surface area contributed by atoms with Gasteiger partial charge in [-0.15, -0.1) is 0 Å². The minimum absolute atomic E-state index is 0.0135. The molecule has 0 bridgehead atoms. The molecule has 1 aliphatic rings. The molecule has 0 aromatic carbocycles. The third-order valence-electron chi connectivity index (χ3n) is 15.7. The second-order valence-corrected chi connectivity index (χ2v) is 25.7. The molecule has 484 valence electrons. The second kappa shape index (κ2) is 34.7. The number of aliphatic hydroxyl groups excluding tert-OH is 1. The van der Waals surface area contributed by atoms with Crippen molar-refractivity contribution >= 4 is 65.0 Å². The van der Waals surface area contributed by atoms with Crippen molar-refractivity contribution in [1.29, 1.82) is 0 Å². The number of hydrogen-bond donors (Lipinski definition) is 5. The summed E-state index contributed by atoms with van der Waals surface area (Å²) in [7, 11) is 9.79. The number of carbonyl (C=O) groups excluding carboxylic acids is 11. The van der Waals surface area contributed by atoms with Crippen LogP contribution in [-0.4, -0.2) is 221 Å². The maximum Gasteiger partial charge on any atom is 0.271 e. The molecule has 23 heteroatoms. The van der Waals surface area contributed by atoms with E-state index in [1.54, 1.807) is 60.6 Å². The summed E-state index contributed by atoms with van der Waals surface area (Å²) in [5.41, 5.74) is 0.197. The van der Waals surface area contributed by atoms with E-state index in [0.717, 1.165) is 14.7 Å². The Morgan fingerprint density at radius 2 is 0.965 bits per heavy atom. The fraction of sp³-hybridized carbons (Fsp3) is 0.758. The molecular formula is C62H109N11O12. The van der Waals surface area contributed by atoms with Crippen molar-refractivity contribution in [3.63, 3.8) is 0 Å². The van der Waals surface area contributed by atoms with Crippen LogP contribution in [0.2, 0.25) is 0 Å². The van der Waals surface area contributed by atoms with E-state index >= 15 is 9.59 Å². The summed E-state index contributed by atoms with van der Waals surface area (Å²) < 4.78 is 0. The molecule has 0 aromatic heterocycles. The molecule has 1 fully saturated rings. The number of nitrogens with zero attached hydrogens (tertiary/aromatic N) is 7. The minimum Gasteiger partial charge on any atom is -0.390 e. The van der Waals surface area contributed by atoms with Gasteiger partial charge in [-0.3, -0.25) is 52.7 Å². The minimum atomic E-state index is -1.64. The van der Waals surface area contributed by atoms with E-state index in [0.29, 0.717) is 12.0 Å². The van der Waals surface area contributed by atoms with Crippen LogP contribution in [-0.2, 0) is 52.7 Å². The van der Waals surface area contributed by atoms with Crippen molar-refractivity contribution in [2.45, 2.75) is 217 Å². The SMILES string of the molecule is C/C=C/CC(C)[C@@H](O)[C@H]1C(=O)N[C@@H](CC)C(=O)N(C)CC(=O)N(C)[C@@H](CC(C)C)C(=O)N[C@@H](C(C)C)C(=O)N(C)[C@@H](CC(C)C)C(=O)N[C@@H](C)C(=O)N[C@H](C)C(=O)N(C)[C@@H](CC(C)C)C(=O)N(C)[C@@H](CC(C)C)C(=O)N(C)C(=C(C)C)C(=O)N1C. The van der Waals surface area contributed by atoms with E-state index in [1.807, 2.05) is 55.4 Å². The third kappa shape index (κ3) is 21.5. The Morgan fingerprint density at radius 3 is 1.42 bits per heavy atom. The average Bonchev–Trinajstić information content (AvgIpc) is 3.62. The van der Waals surface area contributed by atoms with Gasteiger partial charge in [0.1, 0.15) is 60.1 Å². The number of allylic oxidation sites excluding steroid dienone is 3. The van der Waals surface area contributed by atoms with Crippen LogP contribution in [0.4, 0.5) is 0 Å². The zero-order valence-corrected chi connectivity index (χ0v) is 55.9. The summed E-state index contributed by atoms with van der Waals surface area (Å²) in [5.74, 6) is -9.41. The highest BCUT2D eigenvalue weighted by Crippen LogP contribution is 2.26. The first-order valence-corrected chi connectivity index (χ1v) is 30.3. The molecule has 1 aliphatic heterocycles. The lowest BCUT2D eigenvalue weighted by atomic mass is 9.92.